The molecule has 2 aromatic rings. The quantitative estimate of drug-likeness (QED) is 0.943. The predicted octanol–water partition coefficient (Wildman–Crippen LogP) is 2.67. The third-order valence-corrected chi connectivity index (χ3v) is 3.83. The van der Waals surface area contributed by atoms with Gasteiger partial charge in [-0.1, -0.05) is 30.3 Å². The fourth-order valence-corrected chi connectivity index (χ4v) is 2.67. The number of hydrogen-bond donors (Lipinski definition) is 1. The van der Waals surface area contributed by atoms with Gasteiger partial charge in [0.15, 0.2) is 11.5 Å². The minimum absolute atomic E-state index is 0.127. The minimum Gasteiger partial charge on any atom is -0.490 e. The summed E-state index contributed by atoms with van der Waals surface area (Å²) in [7, 11) is 1.70. The number of hydrogen-bond acceptors (Lipinski definition) is 4. The summed E-state index contributed by atoms with van der Waals surface area (Å²) in [5.74, 6) is 0.913. The molecule has 1 aliphatic rings. The molecule has 0 saturated heterocycles. The summed E-state index contributed by atoms with van der Waals surface area (Å²) in [6.45, 7) is 2.22. The summed E-state index contributed by atoms with van der Waals surface area (Å²) in [6, 6.07) is 12.9. The lowest BCUT2D eigenvalue weighted by Crippen LogP contribution is -2.38. The van der Waals surface area contributed by atoms with Gasteiger partial charge in [-0.15, -0.1) is 0 Å². The highest BCUT2D eigenvalue weighted by molar-refractivity contribution is 6.00. The van der Waals surface area contributed by atoms with E-state index in [1.54, 1.807) is 24.1 Å². The first-order chi connectivity index (χ1) is 11.2. The number of benzene rings is 2. The Kier molecular flexibility index (Phi) is 4.21. The molecule has 5 nitrogen and oxygen atoms in total. The van der Waals surface area contributed by atoms with Crippen LogP contribution in [-0.4, -0.2) is 24.7 Å². The van der Waals surface area contributed by atoms with Crippen molar-refractivity contribution in [2.45, 2.75) is 19.6 Å². The van der Waals surface area contributed by atoms with Crippen LogP contribution in [0.4, 0.5) is 5.69 Å². The number of aliphatic hydroxyl groups is 1. The Labute approximate surface area is 135 Å². The molecule has 120 valence electrons. The first kappa shape index (κ1) is 15.4. The van der Waals surface area contributed by atoms with E-state index < -0.39 is 6.10 Å². The minimum atomic E-state index is -0.701. The lowest BCUT2D eigenvalue weighted by Gasteiger charge is -2.33. The topological polar surface area (TPSA) is 59.0 Å². The van der Waals surface area contributed by atoms with E-state index in [2.05, 4.69) is 0 Å². The molecule has 0 aliphatic carbocycles. The van der Waals surface area contributed by atoms with Gasteiger partial charge in [-0.25, -0.2) is 0 Å². The maximum absolute atomic E-state index is 12.7. The molecule has 0 bridgehead atoms. The largest absolute Gasteiger partial charge is 0.490 e. The van der Waals surface area contributed by atoms with Crippen LogP contribution in [0, 0.1) is 0 Å². The van der Waals surface area contributed by atoms with Crippen molar-refractivity contribution in [1.29, 1.82) is 0 Å². The summed E-state index contributed by atoms with van der Waals surface area (Å²) in [4.78, 5) is 14.2. The van der Waals surface area contributed by atoms with E-state index in [-0.39, 0.29) is 12.5 Å². The van der Waals surface area contributed by atoms with Crippen LogP contribution >= 0.6 is 0 Å². The summed E-state index contributed by atoms with van der Waals surface area (Å²) >= 11 is 0. The van der Waals surface area contributed by atoms with Gasteiger partial charge < -0.3 is 19.5 Å². The highest BCUT2D eigenvalue weighted by Gasteiger charge is 2.35. The molecule has 1 aliphatic heterocycles. The Morgan fingerprint density at radius 3 is 2.65 bits per heavy atom. The van der Waals surface area contributed by atoms with Gasteiger partial charge >= 0.3 is 0 Å². The molecule has 5 heteroatoms. The second-order valence-electron chi connectivity index (χ2n) is 5.34. The molecule has 1 unspecified atom stereocenters. The number of fused-ring (bicyclic) bond motifs is 1. The van der Waals surface area contributed by atoms with Crippen LogP contribution in [-0.2, 0) is 11.4 Å². The molecule has 0 saturated carbocycles. The zero-order chi connectivity index (χ0) is 16.4. The van der Waals surface area contributed by atoms with Crippen molar-refractivity contribution in [2.75, 3.05) is 18.6 Å². The molecule has 1 atom stereocenters. The summed E-state index contributed by atoms with van der Waals surface area (Å²) < 4.78 is 11.6. The third-order valence-electron chi connectivity index (χ3n) is 3.83. The summed E-state index contributed by atoms with van der Waals surface area (Å²) in [6.07, 6.45) is -0.701. The lowest BCUT2D eigenvalue weighted by atomic mass is 10.0. The highest BCUT2D eigenvalue weighted by Crippen LogP contribution is 2.45. The van der Waals surface area contributed by atoms with Gasteiger partial charge in [-0.3, -0.25) is 4.79 Å². The first-order valence-corrected chi connectivity index (χ1v) is 7.55. The van der Waals surface area contributed by atoms with Gasteiger partial charge in [0.1, 0.15) is 0 Å². The van der Waals surface area contributed by atoms with Crippen LogP contribution in [0.3, 0.4) is 0 Å². The Hall–Kier alpha value is -2.53. The molecule has 0 radical (unpaired) electrons. The third kappa shape index (κ3) is 2.75. The van der Waals surface area contributed by atoms with Crippen LogP contribution in [0.25, 0.3) is 0 Å². The summed E-state index contributed by atoms with van der Waals surface area (Å²) in [5, 5.41) is 9.41. The fourth-order valence-electron chi connectivity index (χ4n) is 2.67. The molecule has 1 amide bonds. The van der Waals surface area contributed by atoms with Crippen molar-refractivity contribution in [3.05, 3.63) is 53.6 Å². The zero-order valence-corrected chi connectivity index (χ0v) is 13.2. The Morgan fingerprint density at radius 1 is 1.26 bits per heavy atom. The average Bonchev–Trinajstić information content (AvgIpc) is 2.59. The van der Waals surface area contributed by atoms with Gasteiger partial charge in [0.25, 0.3) is 5.91 Å². The van der Waals surface area contributed by atoms with Crippen molar-refractivity contribution < 1.29 is 19.4 Å². The maximum Gasteiger partial charge on any atom is 0.272 e. The molecule has 0 fully saturated rings. The van der Waals surface area contributed by atoms with E-state index in [1.165, 1.54) is 0 Å². The Bertz CT molecular complexity index is 714. The van der Waals surface area contributed by atoms with Gasteiger partial charge in [0.05, 0.1) is 18.9 Å². The normalized spacial score (nSPS) is 16.7. The fraction of sp³-hybridized carbons (Fsp3) is 0.278. The van der Waals surface area contributed by atoms with E-state index in [4.69, 9.17) is 9.47 Å². The maximum atomic E-state index is 12.7. The van der Waals surface area contributed by atoms with E-state index in [9.17, 15) is 9.90 Å². The van der Waals surface area contributed by atoms with Crippen molar-refractivity contribution in [2.24, 2.45) is 0 Å². The molecule has 3 rings (SSSR count). The van der Waals surface area contributed by atoms with Crippen LogP contribution in [0.1, 0.15) is 24.2 Å². The standard InChI is InChI=1S/C18H19NO4/c1-3-22-15-10-12(11-20)9-14-17(15)23-16(18(21)19(14)2)13-7-5-4-6-8-13/h4-10,16,20H,3,11H2,1-2H3. The van der Waals surface area contributed by atoms with Crippen LogP contribution in [0.15, 0.2) is 42.5 Å². The molecule has 2 aromatic carbocycles. The molecule has 0 aromatic heterocycles. The van der Waals surface area contributed by atoms with Crippen molar-refractivity contribution >= 4 is 11.6 Å². The number of amides is 1. The van der Waals surface area contributed by atoms with E-state index in [0.717, 1.165) is 5.56 Å². The van der Waals surface area contributed by atoms with E-state index in [0.29, 0.717) is 29.4 Å². The highest BCUT2D eigenvalue weighted by atomic mass is 16.5. The van der Waals surface area contributed by atoms with Gasteiger partial charge in [0, 0.05) is 12.6 Å². The van der Waals surface area contributed by atoms with Crippen LogP contribution in [0.5, 0.6) is 11.5 Å². The SMILES string of the molecule is CCOc1cc(CO)cc2c1OC(c1ccccc1)C(=O)N2C. The van der Waals surface area contributed by atoms with E-state index >= 15 is 0 Å². The van der Waals surface area contributed by atoms with Crippen molar-refractivity contribution in [3.63, 3.8) is 0 Å². The number of aliphatic hydroxyl groups excluding tert-OH is 1. The molecule has 0 spiro atoms. The number of likely N-dealkylation sites (N-methyl/N-ethyl adjacent to an activating group) is 1. The van der Waals surface area contributed by atoms with Crippen LogP contribution in [0.2, 0.25) is 0 Å². The second kappa shape index (κ2) is 6.30. The monoisotopic (exact) mass is 313 g/mol. The molecule has 23 heavy (non-hydrogen) atoms. The Morgan fingerprint density at radius 2 is 2.00 bits per heavy atom. The first-order valence-electron chi connectivity index (χ1n) is 7.55. The molecule has 1 N–H and O–H groups in total. The van der Waals surface area contributed by atoms with Gasteiger partial charge in [-0.05, 0) is 24.6 Å². The van der Waals surface area contributed by atoms with Gasteiger partial charge in [0.2, 0.25) is 6.10 Å². The average molecular weight is 313 g/mol. The molecular weight excluding hydrogens is 294 g/mol. The number of carbonyl (C=O) groups is 1. The summed E-state index contributed by atoms with van der Waals surface area (Å²) in [5.41, 5.74) is 2.08. The number of nitrogens with zero attached hydrogens (tertiary/aromatic N) is 1. The number of carbonyl (C=O) groups excluding carboxylic acids is 1. The lowest BCUT2D eigenvalue weighted by molar-refractivity contribution is -0.126. The van der Waals surface area contributed by atoms with Crippen LogP contribution < -0.4 is 14.4 Å². The smallest absolute Gasteiger partial charge is 0.272 e. The number of rotatable bonds is 4. The second-order valence-corrected chi connectivity index (χ2v) is 5.34. The Balaban J connectivity index is 2.09. The van der Waals surface area contributed by atoms with Crippen molar-refractivity contribution in [1.82, 2.24) is 0 Å². The van der Waals surface area contributed by atoms with Crippen molar-refractivity contribution in [3.8, 4) is 11.5 Å². The van der Waals surface area contributed by atoms with Gasteiger partial charge in [-0.2, -0.15) is 0 Å². The molecular formula is C18H19NO4. The molecule has 1 heterocycles. The number of ether oxygens (including phenoxy) is 2. The zero-order valence-electron chi connectivity index (χ0n) is 13.2. The van der Waals surface area contributed by atoms with E-state index in [1.807, 2.05) is 37.3 Å². The number of anilines is 1. The predicted molar refractivity (Wildman–Crippen MR) is 86.8 cm³/mol.